The summed E-state index contributed by atoms with van der Waals surface area (Å²) in [7, 11) is 0. The van der Waals surface area contributed by atoms with Crippen molar-refractivity contribution in [3.63, 3.8) is 0 Å². The minimum atomic E-state index is -2.53. The van der Waals surface area contributed by atoms with Crippen LogP contribution in [0, 0.1) is 12.8 Å². The maximum absolute atomic E-state index is 13.3. The maximum Gasteiger partial charge on any atom is 0.253 e. The molecule has 2 rings (SSSR count). The lowest BCUT2D eigenvalue weighted by Gasteiger charge is -2.18. The van der Waals surface area contributed by atoms with Gasteiger partial charge in [0.15, 0.2) is 0 Å². The molecule has 1 aromatic carbocycles. The quantitative estimate of drug-likeness (QED) is 0.738. The van der Waals surface area contributed by atoms with Crippen molar-refractivity contribution in [3.05, 3.63) is 29.8 Å². The highest BCUT2D eigenvalue weighted by molar-refractivity contribution is 7.94. The smallest absolute Gasteiger partial charge is 0.253 e. The molecule has 1 atom stereocenters. The van der Waals surface area contributed by atoms with Crippen molar-refractivity contribution >= 4 is 12.0 Å². The normalized spacial score (nSPS) is 22.9. The molecule has 1 saturated carbocycles. The number of alkyl halides is 2. The van der Waals surface area contributed by atoms with E-state index in [1.807, 2.05) is 31.2 Å². The zero-order chi connectivity index (χ0) is 12.3. The molecule has 0 spiro atoms. The summed E-state index contributed by atoms with van der Waals surface area (Å²) in [6.45, 7) is 2.14. The van der Waals surface area contributed by atoms with Crippen molar-refractivity contribution in [3.8, 4) is 0 Å². The van der Waals surface area contributed by atoms with Crippen molar-refractivity contribution in [2.75, 3.05) is 6.61 Å². The number of rotatable bonds is 4. The first kappa shape index (κ1) is 12.8. The lowest BCUT2D eigenvalue weighted by molar-refractivity contribution is -0.0485. The lowest BCUT2D eigenvalue weighted by Crippen LogP contribution is -2.25. The Balaban J connectivity index is 1.78. The van der Waals surface area contributed by atoms with E-state index in [0.717, 1.165) is 4.90 Å². The molecule has 1 fully saturated rings. The fourth-order valence-corrected chi connectivity index (χ4v) is 2.60. The number of hydrogen-bond donors (Lipinski definition) is 0. The van der Waals surface area contributed by atoms with Crippen LogP contribution in [0.2, 0.25) is 0 Å². The Morgan fingerprint density at radius 1 is 1.35 bits per heavy atom. The van der Waals surface area contributed by atoms with E-state index in [1.165, 1.54) is 17.6 Å². The molecule has 1 nitrogen and oxygen atoms in total. The van der Waals surface area contributed by atoms with E-state index >= 15 is 0 Å². The standard InChI is InChI=1S/C13H16F2OS/c1-10-4-6-12(7-5-10)17-16-9-11-3-2-8-13(11,14)15/h4-7,11H,2-3,8-9H2,1H3. The second-order valence-corrected chi connectivity index (χ2v) is 5.40. The van der Waals surface area contributed by atoms with E-state index in [2.05, 4.69) is 0 Å². The van der Waals surface area contributed by atoms with Gasteiger partial charge in [0.2, 0.25) is 0 Å². The highest BCUT2D eigenvalue weighted by Gasteiger charge is 2.43. The molecule has 17 heavy (non-hydrogen) atoms. The van der Waals surface area contributed by atoms with Gasteiger partial charge in [0.05, 0.1) is 6.61 Å². The minimum Gasteiger partial charge on any atom is -0.310 e. The van der Waals surface area contributed by atoms with Gasteiger partial charge in [-0.3, -0.25) is 0 Å². The van der Waals surface area contributed by atoms with Crippen LogP contribution < -0.4 is 0 Å². The Hall–Kier alpha value is -0.610. The molecular formula is C13H16F2OS. The molecule has 4 heteroatoms. The average Bonchev–Trinajstić information content (AvgIpc) is 2.61. The summed E-state index contributed by atoms with van der Waals surface area (Å²) >= 11 is 1.18. The van der Waals surface area contributed by atoms with Crippen molar-refractivity contribution in [1.29, 1.82) is 0 Å². The highest BCUT2D eigenvalue weighted by atomic mass is 32.2. The predicted molar refractivity (Wildman–Crippen MR) is 65.3 cm³/mol. The molecule has 1 aromatic rings. The molecule has 0 N–H and O–H groups in total. The van der Waals surface area contributed by atoms with Gasteiger partial charge in [-0.15, -0.1) is 0 Å². The summed E-state index contributed by atoms with van der Waals surface area (Å²) in [5.74, 6) is -3.14. The van der Waals surface area contributed by atoms with E-state index < -0.39 is 11.8 Å². The average molecular weight is 258 g/mol. The van der Waals surface area contributed by atoms with Crippen LogP contribution in [0.15, 0.2) is 29.2 Å². The van der Waals surface area contributed by atoms with E-state index in [4.69, 9.17) is 4.18 Å². The molecule has 0 bridgehead atoms. The van der Waals surface area contributed by atoms with Crippen LogP contribution in [-0.4, -0.2) is 12.5 Å². The van der Waals surface area contributed by atoms with Gasteiger partial charge in [-0.05, 0) is 31.9 Å². The van der Waals surface area contributed by atoms with E-state index in [-0.39, 0.29) is 13.0 Å². The van der Waals surface area contributed by atoms with Crippen molar-refractivity contribution in [2.45, 2.75) is 37.0 Å². The monoisotopic (exact) mass is 258 g/mol. The van der Waals surface area contributed by atoms with Crippen LogP contribution in [0.3, 0.4) is 0 Å². The lowest BCUT2D eigenvalue weighted by atomic mass is 10.1. The van der Waals surface area contributed by atoms with Crippen molar-refractivity contribution in [1.82, 2.24) is 0 Å². The highest BCUT2D eigenvalue weighted by Crippen LogP contribution is 2.41. The predicted octanol–water partition coefficient (Wildman–Crippen LogP) is 4.45. The fourth-order valence-electron chi connectivity index (χ4n) is 1.98. The van der Waals surface area contributed by atoms with Gasteiger partial charge in [0.1, 0.15) is 0 Å². The third-order valence-electron chi connectivity index (χ3n) is 3.11. The first-order valence-corrected chi connectivity index (χ1v) is 6.56. The Kier molecular flexibility index (Phi) is 4.05. The van der Waals surface area contributed by atoms with Crippen LogP contribution in [0.25, 0.3) is 0 Å². The molecule has 94 valence electrons. The zero-order valence-electron chi connectivity index (χ0n) is 9.79. The van der Waals surface area contributed by atoms with E-state index in [0.29, 0.717) is 12.8 Å². The van der Waals surface area contributed by atoms with Gasteiger partial charge < -0.3 is 4.18 Å². The molecule has 0 radical (unpaired) electrons. The SMILES string of the molecule is Cc1ccc(SOCC2CCCC2(F)F)cc1. The molecule has 0 aliphatic heterocycles. The van der Waals surface area contributed by atoms with Gasteiger partial charge >= 0.3 is 0 Å². The molecule has 0 aromatic heterocycles. The van der Waals surface area contributed by atoms with Gasteiger partial charge in [0, 0.05) is 29.3 Å². The molecule has 1 unspecified atom stereocenters. The first-order valence-electron chi connectivity index (χ1n) is 5.82. The Labute approximate surface area is 105 Å². The second kappa shape index (κ2) is 5.36. The van der Waals surface area contributed by atoms with Crippen LogP contribution in [-0.2, 0) is 4.18 Å². The molecule has 0 saturated heterocycles. The Bertz CT molecular complexity index is 364. The number of halogens is 2. The van der Waals surface area contributed by atoms with Crippen LogP contribution >= 0.6 is 12.0 Å². The summed E-state index contributed by atoms with van der Waals surface area (Å²) in [6, 6.07) is 7.84. The summed E-state index contributed by atoms with van der Waals surface area (Å²) in [5, 5.41) is 0. The van der Waals surface area contributed by atoms with Crippen LogP contribution in [0.5, 0.6) is 0 Å². The fraction of sp³-hybridized carbons (Fsp3) is 0.538. The molecule has 1 aliphatic rings. The van der Waals surface area contributed by atoms with Crippen molar-refractivity contribution in [2.24, 2.45) is 5.92 Å². The van der Waals surface area contributed by atoms with Crippen LogP contribution in [0.1, 0.15) is 24.8 Å². The summed E-state index contributed by atoms with van der Waals surface area (Å²) in [5.41, 5.74) is 1.18. The number of hydrogen-bond acceptors (Lipinski definition) is 2. The summed E-state index contributed by atoms with van der Waals surface area (Å²) in [6.07, 6.45) is 1.19. The van der Waals surface area contributed by atoms with Gasteiger partial charge in [0.25, 0.3) is 5.92 Å². The van der Waals surface area contributed by atoms with Crippen molar-refractivity contribution < 1.29 is 13.0 Å². The van der Waals surface area contributed by atoms with Crippen LogP contribution in [0.4, 0.5) is 8.78 Å². The van der Waals surface area contributed by atoms with Gasteiger partial charge in [-0.2, -0.15) is 0 Å². The van der Waals surface area contributed by atoms with Gasteiger partial charge in [-0.1, -0.05) is 17.7 Å². The molecule has 0 amide bonds. The molecular weight excluding hydrogens is 242 g/mol. The summed E-state index contributed by atoms with van der Waals surface area (Å²) < 4.78 is 31.9. The third-order valence-corrected chi connectivity index (χ3v) is 3.82. The molecule has 0 heterocycles. The minimum absolute atomic E-state index is 0.0101. The van der Waals surface area contributed by atoms with Gasteiger partial charge in [-0.25, -0.2) is 8.78 Å². The van der Waals surface area contributed by atoms with E-state index in [9.17, 15) is 8.78 Å². The molecule has 1 aliphatic carbocycles. The first-order chi connectivity index (χ1) is 8.08. The maximum atomic E-state index is 13.3. The van der Waals surface area contributed by atoms with E-state index in [1.54, 1.807) is 0 Å². The Morgan fingerprint density at radius 3 is 2.65 bits per heavy atom. The topological polar surface area (TPSA) is 9.23 Å². The number of aryl methyl sites for hydroxylation is 1. The summed E-state index contributed by atoms with van der Waals surface area (Å²) in [4.78, 5) is 0.955. The largest absolute Gasteiger partial charge is 0.310 e. The zero-order valence-corrected chi connectivity index (χ0v) is 10.6. The third kappa shape index (κ3) is 3.42. The second-order valence-electron chi connectivity index (χ2n) is 4.53. The Morgan fingerprint density at radius 2 is 2.06 bits per heavy atom. The number of benzene rings is 1.